The predicted octanol–water partition coefficient (Wildman–Crippen LogP) is 4.43. The Bertz CT molecular complexity index is 978. The molecule has 1 amide bonds. The maximum Gasteiger partial charge on any atom is 0.246 e. The highest BCUT2D eigenvalue weighted by molar-refractivity contribution is 5.77. The number of hydrogen-bond acceptors (Lipinski definition) is 4. The summed E-state index contributed by atoms with van der Waals surface area (Å²) in [6.07, 6.45) is 0.689. The molecule has 4 rings (SSSR count). The minimum Gasteiger partial charge on any atom is -0.369 e. The molecule has 1 aliphatic rings. The lowest BCUT2D eigenvalue weighted by Gasteiger charge is -2.36. The van der Waals surface area contributed by atoms with E-state index in [1.165, 1.54) is 11.3 Å². The van der Waals surface area contributed by atoms with Crippen LogP contribution < -0.4 is 10.2 Å². The third kappa shape index (κ3) is 6.92. The standard InChI is InChI=1S/C29H35N3O2/c1-24-10-8-15-27(22-24)32-20-18-31(19-21-32)17-9-16-30-28(33)23-34-29(25-11-4-2-5-12-25)26-13-6-3-7-14-26/h2-8,10-15,22,29H,9,16-21,23H2,1H3,(H,30,33). The molecule has 3 aromatic carbocycles. The smallest absolute Gasteiger partial charge is 0.246 e. The molecule has 0 saturated carbocycles. The Labute approximate surface area is 203 Å². The maximum absolute atomic E-state index is 12.4. The molecule has 1 fully saturated rings. The molecule has 1 aliphatic heterocycles. The van der Waals surface area contributed by atoms with Crippen LogP contribution in [0.3, 0.4) is 0 Å². The number of aryl methyl sites for hydroxylation is 1. The van der Waals surface area contributed by atoms with E-state index < -0.39 is 0 Å². The Morgan fingerprint density at radius 3 is 2.15 bits per heavy atom. The zero-order valence-electron chi connectivity index (χ0n) is 20.0. The highest BCUT2D eigenvalue weighted by Gasteiger charge is 2.18. The molecule has 0 atom stereocenters. The highest BCUT2D eigenvalue weighted by Crippen LogP contribution is 2.25. The summed E-state index contributed by atoms with van der Waals surface area (Å²) in [5.74, 6) is -0.0684. The first-order chi connectivity index (χ1) is 16.7. The van der Waals surface area contributed by atoms with Crippen molar-refractivity contribution in [2.45, 2.75) is 19.4 Å². The van der Waals surface area contributed by atoms with Crippen LogP contribution in [0, 0.1) is 6.92 Å². The molecule has 0 radical (unpaired) electrons. The number of ether oxygens (including phenoxy) is 1. The third-order valence-electron chi connectivity index (χ3n) is 6.30. The van der Waals surface area contributed by atoms with Crippen LogP contribution in [-0.4, -0.2) is 56.7 Å². The van der Waals surface area contributed by atoms with Crippen molar-refractivity contribution in [3.63, 3.8) is 0 Å². The number of carbonyl (C=O) groups excluding carboxylic acids is 1. The van der Waals surface area contributed by atoms with Gasteiger partial charge in [0, 0.05) is 38.4 Å². The zero-order valence-corrected chi connectivity index (χ0v) is 20.0. The molecule has 0 aromatic heterocycles. The summed E-state index contributed by atoms with van der Waals surface area (Å²) in [5, 5.41) is 3.02. The first-order valence-corrected chi connectivity index (χ1v) is 12.2. The number of nitrogens with one attached hydrogen (secondary N) is 1. The molecule has 5 nitrogen and oxygen atoms in total. The monoisotopic (exact) mass is 457 g/mol. The van der Waals surface area contributed by atoms with Gasteiger partial charge in [-0.05, 0) is 48.7 Å². The molecule has 0 bridgehead atoms. The van der Waals surface area contributed by atoms with E-state index in [0.29, 0.717) is 6.54 Å². The largest absolute Gasteiger partial charge is 0.369 e. The summed E-state index contributed by atoms with van der Waals surface area (Å²) in [4.78, 5) is 17.4. The topological polar surface area (TPSA) is 44.8 Å². The van der Waals surface area contributed by atoms with Gasteiger partial charge in [0.05, 0.1) is 0 Å². The second-order valence-electron chi connectivity index (χ2n) is 8.88. The van der Waals surface area contributed by atoms with Crippen LogP contribution in [0.25, 0.3) is 0 Å². The minimum atomic E-state index is -0.252. The summed E-state index contributed by atoms with van der Waals surface area (Å²) in [5.41, 5.74) is 4.72. The number of nitrogens with zero attached hydrogens (tertiary/aromatic N) is 2. The Balaban J connectivity index is 1.16. The van der Waals surface area contributed by atoms with Crippen LogP contribution in [0.15, 0.2) is 84.9 Å². The molecule has 34 heavy (non-hydrogen) atoms. The quantitative estimate of drug-likeness (QED) is 0.458. The Hall–Kier alpha value is -3.15. The summed E-state index contributed by atoms with van der Waals surface area (Å²) in [6.45, 7) is 8.06. The molecule has 1 saturated heterocycles. The van der Waals surface area contributed by atoms with Gasteiger partial charge < -0.3 is 15.0 Å². The van der Waals surface area contributed by atoms with E-state index in [1.54, 1.807) is 0 Å². The first-order valence-electron chi connectivity index (χ1n) is 12.2. The summed E-state index contributed by atoms with van der Waals surface area (Å²) in [7, 11) is 0. The van der Waals surface area contributed by atoms with Crippen molar-refractivity contribution in [2.75, 3.05) is 50.8 Å². The molecular formula is C29H35N3O2. The molecule has 0 unspecified atom stereocenters. The summed E-state index contributed by atoms with van der Waals surface area (Å²) < 4.78 is 6.06. The Morgan fingerprint density at radius 1 is 0.882 bits per heavy atom. The van der Waals surface area contributed by atoms with E-state index in [1.807, 2.05) is 60.7 Å². The van der Waals surface area contributed by atoms with Gasteiger partial charge in [-0.1, -0.05) is 72.8 Å². The van der Waals surface area contributed by atoms with Crippen molar-refractivity contribution in [2.24, 2.45) is 0 Å². The van der Waals surface area contributed by atoms with Crippen molar-refractivity contribution in [3.05, 3.63) is 102 Å². The zero-order chi connectivity index (χ0) is 23.6. The number of carbonyl (C=O) groups is 1. The second kappa shape index (κ2) is 12.4. The van der Waals surface area contributed by atoms with E-state index in [9.17, 15) is 4.79 Å². The van der Waals surface area contributed by atoms with Crippen molar-refractivity contribution < 1.29 is 9.53 Å². The fourth-order valence-corrected chi connectivity index (χ4v) is 4.44. The number of anilines is 1. The van der Waals surface area contributed by atoms with E-state index >= 15 is 0 Å². The molecule has 178 valence electrons. The van der Waals surface area contributed by atoms with Crippen molar-refractivity contribution in [3.8, 4) is 0 Å². The number of piperazine rings is 1. The maximum atomic E-state index is 12.4. The number of hydrogen-bond donors (Lipinski definition) is 1. The van der Waals surface area contributed by atoms with Gasteiger partial charge in [-0.2, -0.15) is 0 Å². The summed E-state index contributed by atoms with van der Waals surface area (Å²) >= 11 is 0. The van der Waals surface area contributed by atoms with E-state index in [2.05, 4.69) is 46.3 Å². The second-order valence-corrected chi connectivity index (χ2v) is 8.88. The molecular weight excluding hydrogens is 422 g/mol. The summed E-state index contributed by atoms with van der Waals surface area (Å²) in [6, 6.07) is 28.8. The van der Waals surface area contributed by atoms with Crippen molar-refractivity contribution >= 4 is 11.6 Å². The average molecular weight is 458 g/mol. The van der Waals surface area contributed by atoms with Crippen molar-refractivity contribution in [1.82, 2.24) is 10.2 Å². The molecule has 0 spiro atoms. The molecule has 0 aliphatic carbocycles. The van der Waals surface area contributed by atoms with Crippen molar-refractivity contribution in [1.29, 1.82) is 0 Å². The van der Waals surface area contributed by atoms with Gasteiger partial charge in [-0.3, -0.25) is 9.69 Å². The lowest BCUT2D eigenvalue weighted by molar-refractivity contribution is -0.127. The number of rotatable bonds is 10. The van der Waals surface area contributed by atoms with E-state index in [4.69, 9.17) is 4.74 Å². The predicted molar refractivity (Wildman–Crippen MR) is 138 cm³/mol. The lowest BCUT2D eigenvalue weighted by Crippen LogP contribution is -2.47. The SMILES string of the molecule is Cc1cccc(N2CCN(CCCNC(=O)COC(c3ccccc3)c3ccccc3)CC2)c1. The van der Waals surface area contributed by atoms with Gasteiger partial charge in [0.2, 0.25) is 5.91 Å². The highest BCUT2D eigenvalue weighted by atomic mass is 16.5. The third-order valence-corrected chi connectivity index (χ3v) is 6.30. The van der Waals surface area contributed by atoms with Crippen LogP contribution in [-0.2, 0) is 9.53 Å². The fraction of sp³-hybridized carbons (Fsp3) is 0.345. The van der Waals surface area contributed by atoms with E-state index in [-0.39, 0.29) is 18.6 Å². The Kier molecular flexibility index (Phi) is 8.71. The van der Waals surface area contributed by atoms with Gasteiger partial charge in [0.1, 0.15) is 12.7 Å². The van der Waals surface area contributed by atoms with Gasteiger partial charge in [0.25, 0.3) is 0 Å². The van der Waals surface area contributed by atoms with Crippen LogP contribution in [0.5, 0.6) is 0 Å². The Morgan fingerprint density at radius 2 is 1.53 bits per heavy atom. The van der Waals surface area contributed by atoms with Crippen LogP contribution in [0.4, 0.5) is 5.69 Å². The molecule has 5 heteroatoms. The first kappa shape index (κ1) is 24.0. The number of amides is 1. The average Bonchev–Trinajstić information content (AvgIpc) is 2.88. The lowest BCUT2D eigenvalue weighted by atomic mass is 10.0. The van der Waals surface area contributed by atoms with Crippen LogP contribution >= 0.6 is 0 Å². The van der Waals surface area contributed by atoms with Crippen LogP contribution in [0.1, 0.15) is 29.2 Å². The molecule has 3 aromatic rings. The van der Waals surface area contributed by atoms with Gasteiger partial charge in [-0.25, -0.2) is 0 Å². The molecule has 1 heterocycles. The van der Waals surface area contributed by atoms with Crippen LogP contribution in [0.2, 0.25) is 0 Å². The van der Waals surface area contributed by atoms with Gasteiger partial charge in [0.15, 0.2) is 0 Å². The van der Waals surface area contributed by atoms with Gasteiger partial charge >= 0.3 is 0 Å². The van der Waals surface area contributed by atoms with Gasteiger partial charge in [-0.15, -0.1) is 0 Å². The molecule has 1 N–H and O–H groups in total. The number of benzene rings is 3. The minimum absolute atomic E-state index is 0.0453. The van der Waals surface area contributed by atoms with E-state index in [0.717, 1.165) is 50.3 Å². The normalized spacial score (nSPS) is 14.4. The fourth-order valence-electron chi connectivity index (χ4n) is 4.44.